The Morgan fingerprint density at radius 3 is 2.64 bits per heavy atom. The Morgan fingerprint density at radius 1 is 1.20 bits per heavy atom. The first kappa shape index (κ1) is 16.8. The molecule has 0 aliphatic carbocycles. The lowest BCUT2D eigenvalue weighted by atomic mass is 10.1. The molecule has 0 spiro atoms. The lowest BCUT2D eigenvalue weighted by Crippen LogP contribution is -2.34. The predicted molar refractivity (Wildman–Crippen MR) is 95.2 cm³/mol. The average Bonchev–Trinajstić information content (AvgIpc) is 2.53. The number of benzene rings is 2. The van der Waals surface area contributed by atoms with E-state index < -0.39 is 6.10 Å². The number of ether oxygens (including phenoxy) is 2. The van der Waals surface area contributed by atoms with Gasteiger partial charge in [-0.2, -0.15) is 0 Å². The van der Waals surface area contributed by atoms with Crippen molar-refractivity contribution in [1.82, 2.24) is 0 Å². The summed E-state index contributed by atoms with van der Waals surface area (Å²) in [7, 11) is 0. The van der Waals surface area contributed by atoms with Gasteiger partial charge in [0.15, 0.2) is 12.7 Å². The van der Waals surface area contributed by atoms with Crippen molar-refractivity contribution in [1.29, 1.82) is 0 Å². The molecule has 1 atom stereocenters. The summed E-state index contributed by atoms with van der Waals surface area (Å²) in [6.07, 6.45) is -0.529. The summed E-state index contributed by atoms with van der Waals surface area (Å²) in [4.78, 5) is 23.7. The second-order valence-electron chi connectivity index (χ2n) is 6.12. The van der Waals surface area contributed by atoms with E-state index in [1.165, 1.54) is 0 Å². The van der Waals surface area contributed by atoms with Crippen LogP contribution in [0.3, 0.4) is 0 Å². The average molecular weight is 340 g/mol. The molecule has 2 aromatic carbocycles. The zero-order chi connectivity index (χ0) is 18.0. The first-order valence-corrected chi connectivity index (χ1v) is 8.03. The van der Waals surface area contributed by atoms with Gasteiger partial charge < -0.3 is 20.1 Å². The van der Waals surface area contributed by atoms with Crippen LogP contribution in [-0.2, 0) is 9.59 Å². The SMILES string of the molecule is Cc1cc(C)cc(OCC(=O)Nc2ccc3c(c2)NC(=O)C(C)O3)c1. The van der Waals surface area contributed by atoms with Crippen LogP contribution in [0.15, 0.2) is 36.4 Å². The Morgan fingerprint density at radius 2 is 1.92 bits per heavy atom. The third-order valence-corrected chi connectivity index (χ3v) is 3.76. The maximum absolute atomic E-state index is 12.1. The van der Waals surface area contributed by atoms with E-state index in [-0.39, 0.29) is 18.4 Å². The van der Waals surface area contributed by atoms with E-state index in [4.69, 9.17) is 9.47 Å². The third-order valence-electron chi connectivity index (χ3n) is 3.76. The smallest absolute Gasteiger partial charge is 0.265 e. The van der Waals surface area contributed by atoms with Crippen LogP contribution in [0.4, 0.5) is 11.4 Å². The summed E-state index contributed by atoms with van der Waals surface area (Å²) in [5.41, 5.74) is 3.26. The fraction of sp³-hybridized carbons (Fsp3) is 0.263. The molecule has 25 heavy (non-hydrogen) atoms. The lowest BCUT2D eigenvalue weighted by Gasteiger charge is -2.23. The van der Waals surface area contributed by atoms with Crippen molar-refractivity contribution < 1.29 is 19.1 Å². The van der Waals surface area contributed by atoms with E-state index >= 15 is 0 Å². The highest BCUT2D eigenvalue weighted by molar-refractivity contribution is 5.99. The van der Waals surface area contributed by atoms with E-state index in [1.54, 1.807) is 25.1 Å². The molecule has 6 nitrogen and oxygen atoms in total. The van der Waals surface area contributed by atoms with Crippen LogP contribution in [0, 0.1) is 13.8 Å². The first-order chi connectivity index (χ1) is 11.9. The van der Waals surface area contributed by atoms with Crippen LogP contribution in [0.1, 0.15) is 18.1 Å². The Kier molecular flexibility index (Phi) is 4.61. The van der Waals surface area contributed by atoms with Gasteiger partial charge in [0.25, 0.3) is 11.8 Å². The van der Waals surface area contributed by atoms with E-state index in [9.17, 15) is 9.59 Å². The van der Waals surface area contributed by atoms with Gasteiger partial charge in [0.2, 0.25) is 0 Å². The number of rotatable bonds is 4. The van der Waals surface area contributed by atoms with Gasteiger partial charge in [-0.15, -0.1) is 0 Å². The number of fused-ring (bicyclic) bond motifs is 1. The minimum atomic E-state index is -0.529. The van der Waals surface area contributed by atoms with Gasteiger partial charge in [-0.05, 0) is 62.2 Å². The number of aryl methyl sites for hydroxylation is 2. The van der Waals surface area contributed by atoms with Crippen molar-refractivity contribution in [3.8, 4) is 11.5 Å². The molecule has 2 N–H and O–H groups in total. The van der Waals surface area contributed by atoms with Gasteiger partial charge >= 0.3 is 0 Å². The highest BCUT2D eigenvalue weighted by Gasteiger charge is 2.23. The van der Waals surface area contributed by atoms with Crippen LogP contribution < -0.4 is 20.1 Å². The summed E-state index contributed by atoms with van der Waals surface area (Å²) in [5, 5.41) is 5.49. The number of carbonyl (C=O) groups excluding carboxylic acids is 2. The topological polar surface area (TPSA) is 76.7 Å². The predicted octanol–water partition coefficient (Wildman–Crippen LogP) is 3.04. The normalized spacial score (nSPS) is 15.6. The standard InChI is InChI=1S/C19H20N2O4/c1-11-6-12(2)8-15(7-11)24-10-18(22)20-14-4-5-17-16(9-14)21-19(23)13(3)25-17/h4-9,13H,10H2,1-3H3,(H,20,22)(H,21,23). The van der Waals surface area contributed by atoms with Gasteiger partial charge in [-0.25, -0.2) is 0 Å². The summed E-state index contributed by atoms with van der Waals surface area (Å²) in [5.74, 6) is 0.744. The Bertz CT molecular complexity index is 812. The van der Waals surface area contributed by atoms with Crippen molar-refractivity contribution in [3.63, 3.8) is 0 Å². The molecule has 130 valence electrons. The zero-order valence-corrected chi connectivity index (χ0v) is 14.4. The molecule has 0 bridgehead atoms. The molecule has 3 rings (SSSR count). The minimum absolute atomic E-state index is 0.0973. The molecule has 0 saturated carbocycles. The van der Waals surface area contributed by atoms with E-state index in [1.807, 2.05) is 32.0 Å². The number of anilines is 2. The Labute approximate surface area is 146 Å². The van der Waals surface area contributed by atoms with Gasteiger partial charge in [0, 0.05) is 5.69 Å². The van der Waals surface area contributed by atoms with Crippen LogP contribution in [0.5, 0.6) is 11.5 Å². The highest BCUT2D eigenvalue weighted by atomic mass is 16.5. The van der Waals surface area contributed by atoms with Gasteiger partial charge in [-0.1, -0.05) is 6.07 Å². The van der Waals surface area contributed by atoms with E-state index in [2.05, 4.69) is 10.6 Å². The van der Waals surface area contributed by atoms with Crippen molar-refractivity contribution in [2.75, 3.05) is 17.2 Å². The quantitative estimate of drug-likeness (QED) is 0.897. The monoisotopic (exact) mass is 340 g/mol. The van der Waals surface area contributed by atoms with Crippen LogP contribution in [0.25, 0.3) is 0 Å². The number of carbonyl (C=O) groups is 2. The first-order valence-electron chi connectivity index (χ1n) is 8.03. The largest absolute Gasteiger partial charge is 0.484 e. The third kappa shape index (κ3) is 4.09. The molecule has 2 aromatic rings. The maximum Gasteiger partial charge on any atom is 0.265 e. The van der Waals surface area contributed by atoms with Crippen LogP contribution in [-0.4, -0.2) is 24.5 Å². The molecule has 0 aromatic heterocycles. The molecular weight excluding hydrogens is 320 g/mol. The molecule has 2 amide bonds. The fourth-order valence-corrected chi connectivity index (χ4v) is 2.65. The molecule has 6 heteroatoms. The van der Waals surface area contributed by atoms with Crippen molar-refractivity contribution in [2.24, 2.45) is 0 Å². The zero-order valence-electron chi connectivity index (χ0n) is 14.4. The summed E-state index contributed by atoms with van der Waals surface area (Å²) < 4.78 is 11.0. The van der Waals surface area contributed by atoms with E-state index in [0.717, 1.165) is 11.1 Å². The molecule has 1 aliphatic heterocycles. The van der Waals surface area contributed by atoms with Gasteiger partial charge in [-0.3, -0.25) is 9.59 Å². The second-order valence-corrected chi connectivity index (χ2v) is 6.12. The van der Waals surface area contributed by atoms with Crippen molar-refractivity contribution in [2.45, 2.75) is 26.9 Å². The van der Waals surface area contributed by atoms with Crippen LogP contribution in [0.2, 0.25) is 0 Å². The second kappa shape index (κ2) is 6.84. The number of amides is 2. The van der Waals surface area contributed by atoms with Crippen LogP contribution >= 0.6 is 0 Å². The highest BCUT2D eigenvalue weighted by Crippen LogP contribution is 2.32. The summed E-state index contributed by atoms with van der Waals surface area (Å²) in [6.45, 7) is 5.53. The van der Waals surface area contributed by atoms with E-state index in [0.29, 0.717) is 22.9 Å². The maximum atomic E-state index is 12.1. The summed E-state index contributed by atoms with van der Waals surface area (Å²) >= 11 is 0. The molecule has 1 unspecified atom stereocenters. The fourth-order valence-electron chi connectivity index (χ4n) is 2.65. The van der Waals surface area contributed by atoms with Crippen molar-refractivity contribution in [3.05, 3.63) is 47.5 Å². The molecule has 1 aliphatic rings. The minimum Gasteiger partial charge on any atom is -0.484 e. The van der Waals surface area contributed by atoms with Crippen molar-refractivity contribution >= 4 is 23.2 Å². The number of hydrogen-bond acceptors (Lipinski definition) is 4. The molecule has 0 saturated heterocycles. The number of nitrogens with one attached hydrogen (secondary N) is 2. The molecule has 0 radical (unpaired) electrons. The lowest BCUT2D eigenvalue weighted by molar-refractivity contribution is -0.122. The van der Waals surface area contributed by atoms with Gasteiger partial charge in [0.05, 0.1) is 5.69 Å². The molecular formula is C19H20N2O4. The number of hydrogen-bond donors (Lipinski definition) is 2. The molecule has 0 fully saturated rings. The molecule has 1 heterocycles. The Balaban J connectivity index is 1.61. The Hall–Kier alpha value is -3.02. The van der Waals surface area contributed by atoms with Gasteiger partial charge in [0.1, 0.15) is 11.5 Å². The summed E-state index contributed by atoms with van der Waals surface area (Å²) in [6, 6.07) is 10.9.